The van der Waals surface area contributed by atoms with Crippen molar-refractivity contribution in [3.8, 4) is 0 Å². The van der Waals surface area contributed by atoms with E-state index in [9.17, 15) is 10.2 Å². The van der Waals surface area contributed by atoms with Crippen molar-refractivity contribution in [2.75, 3.05) is 191 Å². The largest absolute Gasteiger partial charge is 0.389 e. The van der Waals surface area contributed by atoms with Gasteiger partial charge in [-0.05, 0) is 65.0 Å². The predicted octanol–water partition coefficient (Wildman–Crippen LogP) is 2.11. The van der Waals surface area contributed by atoms with Crippen molar-refractivity contribution < 1.29 is 57.6 Å². The molecule has 0 saturated heterocycles. The summed E-state index contributed by atoms with van der Waals surface area (Å²) >= 11 is 0. The average Bonchev–Trinajstić information content (AvgIpc) is 3.31. The quantitative estimate of drug-likeness (QED) is 0.0517. The molecule has 0 radical (unpaired) electrons. The van der Waals surface area contributed by atoms with Gasteiger partial charge in [-0.3, -0.25) is 4.90 Å². The Kier molecular flexibility index (Phi) is 33.4. The van der Waals surface area contributed by atoms with Gasteiger partial charge in [0.15, 0.2) is 0 Å². The van der Waals surface area contributed by atoms with Gasteiger partial charge in [-0.15, -0.1) is 0 Å². The number of fused-ring (bicyclic) bond motifs is 3. The van der Waals surface area contributed by atoms with Gasteiger partial charge < -0.3 is 79.7 Å². The minimum absolute atomic E-state index is 0.183. The number of nitrogens with zero attached hydrogens (tertiary/aromatic N) is 1. The molecule has 392 valence electrons. The molecule has 0 heterocycles. The zero-order valence-corrected chi connectivity index (χ0v) is 42.2. The van der Waals surface area contributed by atoms with Crippen molar-refractivity contribution in [1.82, 2.24) is 15.5 Å². The maximum atomic E-state index is 9.83. The van der Waals surface area contributed by atoms with Crippen LogP contribution >= 0.6 is 0 Å². The van der Waals surface area contributed by atoms with Crippen molar-refractivity contribution in [2.45, 2.75) is 83.3 Å². The van der Waals surface area contributed by atoms with E-state index in [1.807, 2.05) is 0 Å². The van der Waals surface area contributed by atoms with Crippen molar-refractivity contribution in [2.24, 2.45) is 22.8 Å². The van der Waals surface area contributed by atoms with Gasteiger partial charge in [0, 0.05) is 58.9 Å². The van der Waals surface area contributed by atoms with Crippen molar-refractivity contribution in [3.05, 3.63) is 34.9 Å². The van der Waals surface area contributed by atoms with E-state index in [0.717, 1.165) is 26.1 Å². The molecule has 2 aliphatic rings. The molecule has 67 heavy (non-hydrogen) atoms. The molecule has 1 fully saturated rings. The van der Waals surface area contributed by atoms with E-state index in [1.165, 1.54) is 31.2 Å². The highest BCUT2D eigenvalue weighted by Gasteiger charge is 2.52. The van der Waals surface area contributed by atoms with Gasteiger partial charge >= 0.3 is 0 Å². The second-order valence-electron chi connectivity index (χ2n) is 18.7. The Labute approximate surface area is 404 Å². The normalized spacial score (nSPS) is 20.4. The number of benzene rings is 1. The van der Waals surface area contributed by atoms with Gasteiger partial charge in [0.25, 0.3) is 0 Å². The Hall–Kier alpha value is -1.46. The summed E-state index contributed by atoms with van der Waals surface area (Å²) in [6.07, 6.45) is 4.99. The first kappa shape index (κ1) is 59.8. The van der Waals surface area contributed by atoms with Gasteiger partial charge in [-0.25, -0.2) is 0 Å². The molecule has 0 amide bonds. The fourth-order valence-corrected chi connectivity index (χ4v) is 9.42. The van der Waals surface area contributed by atoms with Crippen LogP contribution in [0.2, 0.25) is 0 Å². The van der Waals surface area contributed by atoms with Gasteiger partial charge in [-0.2, -0.15) is 0 Å². The van der Waals surface area contributed by atoms with Crippen LogP contribution in [-0.4, -0.2) is 218 Å². The number of nitrogens with one attached hydrogen (secondary N) is 2. The zero-order valence-electron chi connectivity index (χ0n) is 42.2. The SMILES string of the molecule is CC(C)c1ccc2c(c1)CCC1C(C)(CN(CCOCCOCCOCCOCCOCC(O)CNCCN)CCOCCOCCOCCOCCOCC(O)CNCCN)CCCC21C. The first-order valence-electron chi connectivity index (χ1n) is 25.4. The molecule has 1 saturated carbocycles. The second kappa shape index (κ2) is 37.3. The van der Waals surface area contributed by atoms with E-state index in [-0.39, 0.29) is 24.0 Å². The molecule has 0 aliphatic heterocycles. The number of nitrogens with two attached hydrogens (primary N) is 2. The summed E-state index contributed by atoms with van der Waals surface area (Å²) in [6.45, 7) is 25.2. The third-order valence-corrected chi connectivity index (χ3v) is 12.9. The number of hydrogen-bond donors (Lipinski definition) is 6. The minimum Gasteiger partial charge on any atom is -0.389 e. The molecule has 1 aromatic carbocycles. The van der Waals surface area contributed by atoms with E-state index in [2.05, 4.69) is 61.4 Å². The van der Waals surface area contributed by atoms with Gasteiger partial charge in [0.05, 0.1) is 144 Å². The molecule has 5 atom stereocenters. The van der Waals surface area contributed by atoms with Crippen molar-refractivity contribution >= 4 is 0 Å². The molecular formula is C50H95N5O12. The molecule has 8 N–H and O–H groups in total. The number of ether oxygens (including phenoxy) is 10. The van der Waals surface area contributed by atoms with Gasteiger partial charge in [-0.1, -0.05) is 52.3 Å². The Morgan fingerprint density at radius 2 is 1.03 bits per heavy atom. The summed E-state index contributed by atoms with van der Waals surface area (Å²) in [6, 6.07) is 7.34. The Bertz CT molecular complexity index is 1290. The standard InChI is InChI=1S/C50H95N5O12/c1-42(2)43-6-8-47-44(36-43)7-9-48-49(3,10-5-11-50(47,48)4)41-55(16-18-58-20-22-60-24-26-62-28-30-64-32-34-66-39-45(56)37-53-14-12-51)17-19-59-21-23-61-25-27-63-29-31-65-33-35-67-40-46(57)38-54-15-13-52/h6,8,36,42,45-46,48,53-54,56-57H,5,7,9-35,37-41,51-52H2,1-4H3. The molecular weight excluding hydrogens is 863 g/mol. The number of aliphatic hydroxyl groups is 2. The Morgan fingerprint density at radius 3 is 1.45 bits per heavy atom. The number of aliphatic hydroxyl groups excluding tert-OH is 2. The summed E-state index contributed by atoms with van der Waals surface area (Å²) in [5.41, 5.74) is 15.8. The van der Waals surface area contributed by atoms with Crippen LogP contribution in [0.1, 0.15) is 76.0 Å². The van der Waals surface area contributed by atoms with Crippen LogP contribution in [0.15, 0.2) is 18.2 Å². The number of hydrogen-bond acceptors (Lipinski definition) is 17. The summed E-state index contributed by atoms with van der Waals surface area (Å²) in [4.78, 5) is 2.56. The van der Waals surface area contributed by atoms with E-state index >= 15 is 0 Å². The summed E-state index contributed by atoms with van der Waals surface area (Å²) in [7, 11) is 0. The van der Waals surface area contributed by atoms with Crippen LogP contribution in [0.4, 0.5) is 0 Å². The van der Waals surface area contributed by atoms with Gasteiger partial charge in [0.2, 0.25) is 0 Å². The summed E-state index contributed by atoms with van der Waals surface area (Å²) < 4.78 is 57.0. The molecule has 17 heteroatoms. The zero-order chi connectivity index (χ0) is 48.3. The molecule has 0 spiro atoms. The predicted molar refractivity (Wildman–Crippen MR) is 262 cm³/mol. The highest BCUT2D eigenvalue weighted by Crippen LogP contribution is 2.57. The minimum atomic E-state index is -0.558. The number of aryl methyl sites for hydroxylation is 1. The lowest BCUT2D eigenvalue weighted by molar-refractivity contribution is -0.0311. The Balaban J connectivity index is 1.31. The van der Waals surface area contributed by atoms with E-state index in [0.29, 0.717) is 170 Å². The molecule has 3 rings (SSSR count). The average molecular weight is 958 g/mol. The van der Waals surface area contributed by atoms with E-state index < -0.39 is 12.2 Å². The summed E-state index contributed by atoms with van der Waals surface area (Å²) in [5.74, 6) is 1.15. The Morgan fingerprint density at radius 1 is 0.612 bits per heavy atom. The molecule has 1 aromatic rings. The maximum absolute atomic E-state index is 9.83. The molecule has 17 nitrogen and oxygen atoms in total. The van der Waals surface area contributed by atoms with Crippen LogP contribution < -0.4 is 22.1 Å². The lowest BCUT2D eigenvalue weighted by atomic mass is 9.49. The maximum Gasteiger partial charge on any atom is 0.0897 e. The highest BCUT2D eigenvalue weighted by molar-refractivity contribution is 5.42. The van der Waals surface area contributed by atoms with E-state index in [1.54, 1.807) is 11.1 Å². The third-order valence-electron chi connectivity index (χ3n) is 12.9. The molecule has 0 bridgehead atoms. The van der Waals surface area contributed by atoms with Crippen LogP contribution in [-0.2, 0) is 59.2 Å². The first-order chi connectivity index (χ1) is 32.6. The third kappa shape index (κ3) is 25.5. The fraction of sp³-hybridized carbons (Fsp3) is 0.880. The van der Waals surface area contributed by atoms with Crippen molar-refractivity contribution in [1.29, 1.82) is 0 Å². The van der Waals surface area contributed by atoms with Crippen molar-refractivity contribution in [3.63, 3.8) is 0 Å². The lowest BCUT2D eigenvalue weighted by Crippen LogP contribution is -2.53. The second-order valence-corrected chi connectivity index (χ2v) is 18.7. The first-order valence-corrected chi connectivity index (χ1v) is 25.4. The number of rotatable bonds is 45. The van der Waals surface area contributed by atoms with Crippen LogP contribution in [0.25, 0.3) is 0 Å². The molecule has 0 aromatic heterocycles. The topological polar surface area (TPSA) is 212 Å². The monoisotopic (exact) mass is 958 g/mol. The van der Waals surface area contributed by atoms with Crippen LogP contribution in [0, 0.1) is 11.3 Å². The van der Waals surface area contributed by atoms with Crippen LogP contribution in [0.5, 0.6) is 0 Å². The van der Waals surface area contributed by atoms with Crippen LogP contribution in [0.3, 0.4) is 0 Å². The molecule has 2 aliphatic carbocycles. The highest BCUT2D eigenvalue weighted by atomic mass is 16.6. The smallest absolute Gasteiger partial charge is 0.0897 e. The van der Waals surface area contributed by atoms with Gasteiger partial charge in [0.1, 0.15) is 0 Å². The molecule has 5 unspecified atom stereocenters. The fourth-order valence-electron chi connectivity index (χ4n) is 9.42. The summed E-state index contributed by atoms with van der Waals surface area (Å²) in [5, 5.41) is 25.8. The van der Waals surface area contributed by atoms with E-state index in [4.69, 9.17) is 58.8 Å². The lowest BCUT2D eigenvalue weighted by Gasteiger charge is -2.56.